The standard InChI is InChI=1S/C27H24N2O3/c1-31-26-16-19(13-14-20(26)17-28)8-6-7-15-29-27(30)32-18-25-23-11-4-2-9-21(23)22-10-3-5-12-24(22)25/h2-6,8-14,16,25H,7,15,18H2,1H3,(H,29,30). The first-order valence-electron chi connectivity index (χ1n) is 10.5. The second kappa shape index (κ2) is 9.84. The number of nitriles is 1. The van der Waals surface area contributed by atoms with Crippen LogP contribution in [-0.2, 0) is 4.74 Å². The number of alkyl carbamates (subject to hydrolysis) is 1. The molecule has 1 aliphatic rings. The molecule has 0 aromatic heterocycles. The predicted octanol–water partition coefficient (Wildman–Crippen LogP) is 5.51. The summed E-state index contributed by atoms with van der Waals surface area (Å²) in [5, 5.41) is 11.8. The summed E-state index contributed by atoms with van der Waals surface area (Å²) >= 11 is 0. The summed E-state index contributed by atoms with van der Waals surface area (Å²) in [5.74, 6) is 0.603. The zero-order valence-corrected chi connectivity index (χ0v) is 17.9. The molecule has 0 aliphatic heterocycles. The van der Waals surface area contributed by atoms with Crippen LogP contribution >= 0.6 is 0 Å². The molecule has 0 radical (unpaired) electrons. The first-order valence-corrected chi connectivity index (χ1v) is 10.5. The Morgan fingerprint density at radius 1 is 1.06 bits per heavy atom. The van der Waals surface area contributed by atoms with Crippen molar-refractivity contribution in [2.45, 2.75) is 12.3 Å². The van der Waals surface area contributed by atoms with Crippen LogP contribution in [0.5, 0.6) is 5.75 Å². The zero-order chi connectivity index (χ0) is 22.3. The van der Waals surface area contributed by atoms with Gasteiger partial charge in [-0.05, 0) is 46.4 Å². The average molecular weight is 425 g/mol. The van der Waals surface area contributed by atoms with E-state index in [0.717, 1.165) is 5.56 Å². The smallest absolute Gasteiger partial charge is 0.407 e. The van der Waals surface area contributed by atoms with Crippen molar-refractivity contribution in [1.82, 2.24) is 5.32 Å². The highest BCUT2D eigenvalue weighted by molar-refractivity contribution is 5.79. The maximum Gasteiger partial charge on any atom is 0.407 e. The summed E-state index contributed by atoms with van der Waals surface area (Å²) in [5.41, 5.74) is 6.25. The lowest BCUT2D eigenvalue weighted by molar-refractivity contribution is 0.143. The number of amides is 1. The molecule has 1 aliphatic carbocycles. The quantitative estimate of drug-likeness (QED) is 0.508. The van der Waals surface area contributed by atoms with E-state index in [9.17, 15) is 4.79 Å². The number of carbonyl (C=O) groups is 1. The van der Waals surface area contributed by atoms with Crippen molar-refractivity contribution < 1.29 is 14.3 Å². The number of rotatable bonds is 7. The normalized spacial score (nSPS) is 12.1. The molecule has 1 amide bonds. The Morgan fingerprint density at radius 2 is 1.75 bits per heavy atom. The molecule has 3 aromatic rings. The minimum atomic E-state index is -0.416. The second-order valence-electron chi connectivity index (χ2n) is 7.51. The van der Waals surface area contributed by atoms with E-state index in [2.05, 4.69) is 35.7 Å². The van der Waals surface area contributed by atoms with Gasteiger partial charge in [0.05, 0.1) is 12.7 Å². The Labute approximate surface area is 187 Å². The summed E-state index contributed by atoms with van der Waals surface area (Å²) in [6.45, 7) is 0.779. The SMILES string of the molecule is COc1cc(C=CCCNC(=O)OCC2c3ccccc3-c3ccccc32)ccc1C#N. The van der Waals surface area contributed by atoms with Crippen molar-refractivity contribution in [3.8, 4) is 22.9 Å². The highest BCUT2D eigenvalue weighted by atomic mass is 16.5. The van der Waals surface area contributed by atoms with Gasteiger partial charge in [0.1, 0.15) is 18.4 Å². The minimum absolute atomic E-state index is 0.0550. The summed E-state index contributed by atoms with van der Waals surface area (Å²) < 4.78 is 10.8. The van der Waals surface area contributed by atoms with Crippen molar-refractivity contribution in [3.63, 3.8) is 0 Å². The van der Waals surface area contributed by atoms with Gasteiger partial charge in [0.2, 0.25) is 0 Å². The fourth-order valence-corrected chi connectivity index (χ4v) is 4.03. The summed E-state index contributed by atoms with van der Waals surface area (Å²) in [6.07, 6.45) is 4.14. The number of methoxy groups -OCH3 is 1. The van der Waals surface area contributed by atoms with E-state index in [4.69, 9.17) is 14.7 Å². The largest absolute Gasteiger partial charge is 0.495 e. The van der Waals surface area contributed by atoms with Crippen LogP contribution in [0.25, 0.3) is 17.2 Å². The van der Waals surface area contributed by atoms with E-state index in [0.29, 0.717) is 30.9 Å². The lowest BCUT2D eigenvalue weighted by atomic mass is 9.98. The number of fused-ring (bicyclic) bond motifs is 3. The molecule has 32 heavy (non-hydrogen) atoms. The van der Waals surface area contributed by atoms with Crippen LogP contribution in [0.2, 0.25) is 0 Å². The molecule has 0 heterocycles. The number of hydrogen-bond donors (Lipinski definition) is 1. The van der Waals surface area contributed by atoms with Crippen LogP contribution in [0, 0.1) is 11.3 Å². The van der Waals surface area contributed by atoms with Crippen molar-refractivity contribution >= 4 is 12.2 Å². The number of hydrogen-bond acceptors (Lipinski definition) is 4. The van der Waals surface area contributed by atoms with E-state index in [1.807, 2.05) is 48.6 Å². The molecule has 0 fully saturated rings. The first kappa shape index (κ1) is 21.2. The van der Waals surface area contributed by atoms with Crippen LogP contribution in [0.15, 0.2) is 72.8 Å². The van der Waals surface area contributed by atoms with Gasteiger partial charge in [-0.1, -0.05) is 66.7 Å². The summed E-state index contributed by atoms with van der Waals surface area (Å²) in [4.78, 5) is 12.2. The molecule has 0 saturated heterocycles. The maximum atomic E-state index is 12.2. The van der Waals surface area contributed by atoms with Gasteiger partial charge in [0.25, 0.3) is 0 Å². The molecule has 5 heteroatoms. The molecule has 3 aromatic carbocycles. The molecule has 0 atom stereocenters. The monoisotopic (exact) mass is 424 g/mol. The fraction of sp³-hybridized carbons (Fsp3) is 0.185. The highest BCUT2D eigenvalue weighted by Gasteiger charge is 2.28. The number of nitrogens with one attached hydrogen (secondary N) is 1. The third kappa shape index (κ3) is 4.50. The molecule has 160 valence electrons. The van der Waals surface area contributed by atoms with Crippen molar-refractivity contribution in [3.05, 3.63) is 95.1 Å². The Balaban J connectivity index is 1.27. The first-order chi connectivity index (χ1) is 15.7. The minimum Gasteiger partial charge on any atom is -0.495 e. The van der Waals surface area contributed by atoms with Gasteiger partial charge >= 0.3 is 6.09 Å². The van der Waals surface area contributed by atoms with E-state index < -0.39 is 6.09 Å². The van der Waals surface area contributed by atoms with Gasteiger partial charge < -0.3 is 14.8 Å². The van der Waals surface area contributed by atoms with Crippen LogP contribution in [0.4, 0.5) is 4.79 Å². The van der Waals surface area contributed by atoms with Gasteiger partial charge in [-0.25, -0.2) is 4.79 Å². The Kier molecular flexibility index (Phi) is 6.52. The van der Waals surface area contributed by atoms with Gasteiger partial charge in [-0.2, -0.15) is 5.26 Å². The Morgan fingerprint density at radius 3 is 2.41 bits per heavy atom. The van der Waals surface area contributed by atoms with E-state index in [1.54, 1.807) is 13.2 Å². The third-order valence-electron chi connectivity index (χ3n) is 5.58. The molecule has 0 spiro atoms. The van der Waals surface area contributed by atoms with Crippen molar-refractivity contribution in [1.29, 1.82) is 5.26 Å². The van der Waals surface area contributed by atoms with Gasteiger partial charge in [-0.15, -0.1) is 0 Å². The van der Waals surface area contributed by atoms with E-state index in [-0.39, 0.29) is 5.92 Å². The van der Waals surface area contributed by atoms with Crippen molar-refractivity contribution in [2.24, 2.45) is 0 Å². The number of ether oxygens (including phenoxy) is 2. The van der Waals surface area contributed by atoms with Gasteiger partial charge in [0, 0.05) is 12.5 Å². The van der Waals surface area contributed by atoms with Crippen LogP contribution in [0.3, 0.4) is 0 Å². The van der Waals surface area contributed by atoms with E-state index >= 15 is 0 Å². The maximum absolute atomic E-state index is 12.2. The summed E-state index contributed by atoms with van der Waals surface area (Å²) in [7, 11) is 1.54. The molecular formula is C27H24N2O3. The number of benzene rings is 3. The van der Waals surface area contributed by atoms with Crippen LogP contribution in [0.1, 0.15) is 34.6 Å². The van der Waals surface area contributed by atoms with Crippen LogP contribution < -0.4 is 10.1 Å². The average Bonchev–Trinajstić information content (AvgIpc) is 3.16. The molecule has 5 nitrogen and oxygen atoms in total. The second-order valence-corrected chi connectivity index (χ2v) is 7.51. The molecule has 0 bridgehead atoms. The topological polar surface area (TPSA) is 71.3 Å². The number of nitrogens with zero attached hydrogens (tertiary/aromatic N) is 1. The lowest BCUT2D eigenvalue weighted by Gasteiger charge is -2.14. The summed E-state index contributed by atoms with van der Waals surface area (Å²) in [6, 6.07) is 24.0. The molecule has 4 rings (SSSR count). The molecule has 0 saturated carbocycles. The van der Waals surface area contributed by atoms with E-state index in [1.165, 1.54) is 22.3 Å². The Bertz CT molecular complexity index is 1150. The van der Waals surface area contributed by atoms with Crippen LogP contribution in [-0.4, -0.2) is 26.4 Å². The lowest BCUT2D eigenvalue weighted by Crippen LogP contribution is -2.26. The fourth-order valence-electron chi connectivity index (χ4n) is 4.03. The zero-order valence-electron chi connectivity index (χ0n) is 17.9. The molecular weight excluding hydrogens is 400 g/mol. The van der Waals surface area contributed by atoms with Crippen molar-refractivity contribution in [2.75, 3.05) is 20.3 Å². The highest BCUT2D eigenvalue weighted by Crippen LogP contribution is 2.44. The number of carbonyl (C=O) groups excluding carboxylic acids is 1. The molecule has 1 N–H and O–H groups in total. The van der Waals surface area contributed by atoms with Gasteiger partial charge in [-0.3, -0.25) is 0 Å². The Hall–Kier alpha value is -4.04. The third-order valence-corrected chi connectivity index (χ3v) is 5.58. The predicted molar refractivity (Wildman–Crippen MR) is 124 cm³/mol. The van der Waals surface area contributed by atoms with Gasteiger partial charge in [0.15, 0.2) is 0 Å². The molecule has 0 unspecified atom stereocenters.